The van der Waals surface area contributed by atoms with Crippen LogP contribution in [0.4, 0.5) is 0 Å². The van der Waals surface area contributed by atoms with Gasteiger partial charge in [0.2, 0.25) is 0 Å². The zero-order valence-electron chi connectivity index (χ0n) is 9.08. The van der Waals surface area contributed by atoms with Gasteiger partial charge in [0.05, 0.1) is 5.69 Å². The van der Waals surface area contributed by atoms with Gasteiger partial charge in [-0.1, -0.05) is 30.3 Å². The Labute approximate surface area is 104 Å². The van der Waals surface area contributed by atoms with Crippen LogP contribution in [0, 0.1) is 0 Å². The van der Waals surface area contributed by atoms with E-state index in [4.69, 9.17) is 0 Å². The zero-order chi connectivity index (χ0) is 11.5. The maximum Gasteiger partial charge on any atom is 0.141 e. The highest BCUT2D eigenvalue weighted by molar-refractivity contribution is 7.13. The lowest BCUT2D eigenvalue weighted by atomic mass is 10.1. The van der Waals surface area contributed by atoms with Crippen LogP contribution in [0.15, 0.2) is 60.2 Å². The Morgan fingerprint density at radius 3 is 2.47 bits per heavy atom. The topological polar surface area (TPSA) is 25.8 Å². The molecule has 3 aromatic rings. The van der Waals surface area contributed by atoms with Crippen LogP contribution in [0.1, 0.15) is 0 Å². The molecule has 0 aliphatic carbocycles. The second-order valence-corrected chi connectivity index (χ2v) is 4.53. The molecule has 0 N–H and O–H groups in total. The summed E-state index contributed by atoms with van der Waals surface area (Å²) in [7, 11) is 0. The first-order valence-electron chi connectivity index (χ1n) is 5.35. The first kappa shape index (κ1) is 10.2. The van der Waals surface area contributed by atoms with Crippen molar-refractivity contribution in [1.29, 1.82) is 0 Å². The highest BCUT2D eigenvalue weighted by Gasteiger charge is 2.04. The van der Waals surface area contributed by atoms with Crippen LogP contribution in [-0.4, -0.2) is 9.97 Å². The van der Waals surface area contributed by atoms with E-state index >= 15 is 0 Å². The van der Waals surface area contributed by atoms with Crippen molar-refractivity contribution >= 4 is 11.3 Å². The molecule has 3 heteroatoms. The molecule has 0 aliphatic rings. The number of pyridine rings is 1. The van der Waals surface area contributed by atoms with Crippen molar-refractivity contribution in [1.82, 2.24) is 9.97 Å². The van der Waals surface area contributed by atoms with Gasteiger partial charge in [-0.05, 0) is 23.3 Å². The maximum atomic E-state index is 4.36. The minimum atomic E-state index is 0.932. The second-order valence-electron chi connectivity index (χ2n) is 3.63. The molecule has 82 valence electrons. The van der Waals surface area contributed by atoms with Crippen molar-refractivity contribution in [2.75, 3.05) is 0 Å². The highest BCUT2D eigenvalue weighted by Crippen LogP contribution is 2.25. The standard InChI is InChI=1S/C14H10N2S/c1-2-4-11(5-3-1)12-6-7-15-13(10-12)14-16-8-9-17-14/h1-10H. The van der Waals surface area contributed by atoms with Gasteiger partial charge in [-0.15, -0.1) is 11.3 Å². The molecule has 0 fully saturated rings. The van der Waals surface area contributed by atoms with E-state index < -0.39 is 0 Å². The Bertz CT molecular complexity index is 603. The Hall–Kier alpha value is -2.00. The van der Waals surface area contributed by atoms with Gasteiger partial charge in [0.25, 0.3) is 0 Å². The Morgan fingerprint density at radius 1 is 0.824 bits per heavy atom. The lowest BCUT2D eigenvalue weighted by molar-refractivity contribution is 1.29. The summed E-state index contributed by atoms with van der Waals surface area (Å²) in [5.41, 5.74) is 3.31. The van der Waals surface area contributed by atoms with Crippen molar-refractivity contribution in [2.24, 2.45) is 0 Å². The van der Waals surface area contributed by atoms with Crippen molar-refractivity contribution in [3.8, 4) is 21.8 Å². The summed E-state index contributed by atoms with van der Waals surface area (Å²) in [4.78, 5) is 8.63. The van der Waals surface area contributed by atoms with Gasteiger partial charge in [-0.25, -0.2) is 4.98 Å². The van der Waals surface area contributed by atoms with Gasteiger partial charge in [0, 0.05) is 17.8 Å². The third kappa shape index (κ3) is 2.10. The molecule has 0 atom stereocenters. The average molecular weight is 238 g/mol. The Kier molecular flexibility index (Phi) is 2.68. The third-order valence-corrected chi connectivity index (χ3v) is 3.31. The van der Waals surface area contributed by atoms with Crippen LogP contribution in [0.5, 0.6) is 0 Å². The SMILES string of the molecule is c1ccc(-c2ccnc(-c3nccs3)c2)cc1. The van der Waals surface area contributed by atoms with E-state index in [1.54, 1.807) is 17.5 Å². The predicted octanol–water partition coefficient (Wildman–Crippen LogP) is 3.87. The number of hydrogen-bond acceptors (Lipinski definition) is 3. The highest BCUT2D eigenvalue weighted by atomic mass is 32.1. The number of hydrogen-bond donors (Lipinski definition) is 0. The molecular formula is C14H10N2S. The number of rotatable bonds is 2. The summed E-state index contributed by atoms with van der Waals surface area (Å²) in [5, 5.41) is 2.93. The van der Waals surface area contributed by atoms with E-state index in [1.807, 2.05) is 35.8 Å². The molecule has 0 saturated carbocycles. The normalized spacial score (nSPS) is 10.4. The minimum absolute atomic E-state index is 0.932. The van der Waals surface area contributed by atoms with E-state index in [-0.39, 0.29) is 0 Å². The average Bonchev–Trinajstić information content (AvgIpc) is 2.94. The number of benzene rings is 1. The lowest BCUT2D eigenvalue weighted by Crippen LogP contribution is -1.84. The van der Waals surface area contributed by atoms with Gasteiger partial charge < -0.3 is 0 Å². The second kappa shape index (κ2) is 4.47. The lowest BCUT2D eigenvalue weighted by Gasteiger charge is -2.02. The summed E-state index contributed by atoms with van der Waals surface area (Å²) in [6.45, 7) is 0. The molecule has 0 amide bonds. The van der Waals surface area contributed by atoms with Crippen molar-refractivity contribution in [2.45, 2.75) is 0 Å². The van der Waals surface area contributed by atoms with Gasteiger partial charge in [0.1, 0.15) is 5.01 Å². The molecule has 0 unspecified atom stereocenters. The first-order chi connectivity index (χ1) is 8.43. The number of nitrogens with zero attached hydrogens (tertiary/aromatic N) is 2. The van der Waals surface area contributed by atoms with E-state index in [0.717, 1.165) is 10.7 Å². The van der Waals surface area contributed by atoms with Crippen LogP contribution >= 0.6 is 11.3 Å². The van der Waals surface area contributed by atoms with Crippen molar-refractivity contribution in [3.63, 3.8) is 0 Å². The van der Waals surface area contributed by atoms with E-state index in [0.29, 0.717) is 0 Å². The van der Waals surface area contributed by atoms with Crippen LogP contribution in [0.2, 0.25) is 0 Å². The van der Waals surface area contributed by atoms with E-state index in [1.165, 1.54) is 11.1 Å². The largest absolute Gasteiger partial charge is 0.254 e. The smallest absolute Gasteiger partial charge is 0.141 e. The molecular weight excluding hydrogens is 228 g/mol. The van der Waals surface area contributed by atoms with E-state index in [9.17, 15) is 0 Å². The zero-order valence-corrected chi connectivity index (χ0v) is 9.89. The molecule has 17 heavy (non-hydrogen) atoms. The van der Waals surface area contributed by atoms with Crippen LogP contribution in [0.25, 0.3) is 21.8 Å². The third-order valence-electron chi connectivity index (χ3n) is 2.52. The van der Waals surface area contributed by atoms with Crippen LogP contribution < -0.4 is 0 Å². The molecule has 3 rings (SSSR count). The Morgan fingerprint density at radius 2 is 1.71 bits per heavy atom. The molecule has 2 heterocycles. The fourth-order valence-corrected chi connectivity index (χ4v) is 2.31. The maximum absolute atomic E-state index is 4.36. The molecule has 0 saturated heterocycles. The summed E-state index contributed by atoms with van der Waals surface area (Å²) < 4.78 is 0. The van der Waals surface area contributed by atoms with Gasteiger partial charge in [-0.2, -0.15) is 0 Å². The summed E-state index contributed by atoms with van der Waals surface area (Å²) in [5.74, 6) is 0. The fourth-order valence-electron chi connectivity index (χ4n) is 1.71. The Balaban J connectivity index is 2.06. The van der Waals surface area contributed by atoms with Gasteiger partial charge in [0.15, 0.2) is 0 Å². The monoisotopic (exact) mass is 238 g/mol. The molecule has 0 radical (unpaired) electrons. The van der Waals surface area contributed by atoms with Crippen molar-refractivity contribution in [3.05, 3.63) is 60.2 Å². The molecule has 0 aliphatic heterocycles. The number of thiazole rings is 1. The molecule has 1 aromatic carbocycles. The van der Waals surface area contributed by atoms with Crippen molar-refractivity contribution < 1.29 is 0 Å². The quantitative estimate of drug-likeness (QED) is 0.677. The van der Waals surface area contributed by atoms with Crippen LogP contribution in [0.3, 0.4) is 0 Å². The van der Waals surface area contributed by atoms with E-state index in [2.05, 4.69) is 28.2 Å². The van der Waals surface area contributed by atoms with Gasteiger partial charge >= 0.3 is 0 Å². The van der Waals surface area contributed by atoms with Gasteiger partial charge in [-0.3, -0.25) is 4.98 Å². The number of aromatic nitrogens is 2. The minimum Gasteiger partial charge on any atom is -0.254 e. The first-order valence-corrected chi connectivity index (χ1v) is 6.23. The predicted molar refractivity (Wildman–Crippen MR) is 70.8 cm³/mol. The summed E-state index contributed by atoms with van der Waals surface area (Å²) >= 11 is 1.61. The summed E-state index contributed by atoms with van der Waals surface area (Å²) in [6, 6.07) is 14.4. The molecule has 2 aromatic heterocycles. The van der Waals surface area contributed by atoms with Crippen LogP contribution in [-0.2, 0) is 0 Å². The summed E-state index contributed by atoms with van der Waals surface area (Å²) in [6.07, 6.45) is 3.63. The fraction of sp³-hybridized carbons (Fsp3) is 0. The molecule has 2 nitrogen and oxygen atoms in total. The molecule has 0 spiro atoms. The molecule has 0 bridgehead atoms.